The van der Waals surface area contributed by atoms with Gasteiger partial charge in [-0.2, -0.15) is 4.98 Å². The van der Waals surface area contributed by atoms with Gasteiger partial charge in [0, 0.05) is 12.5 Å². The van der Waals surface area contributed by atoms with E-state index >= 15 is 0 Å². The van der Waals surface area contributed by atoms with Gasteiger partial charge in [-0.3, -0.25) is 0 Å². The summed E-state index contributed by atoms with van der Waals surface area (Å²) in [6, 6.07) is 7.41. The Morgan fingerprint density at radius 2 is 2.17 bits per heavy atom. The average Bonchev–Trinajstić information content (AvgIpc) is 2.81. The molecule has 0 unspecified atom stereocenters. The molecule has 0 aliphatic heterocycles. The Morgan fingerprint density at radius 3 is 2.83 bits per heavy atom. The van der Waals surface area contributed by atoms with E-state index in [0.717, 1.165) is 5.56 Å². The van der Waals surface area contributed by atoms with Crippen LogP contribution in [0.5, 0.6) is 5.75 Å². The standard InChI is InChI=1S/C13H16N2O3/c1-3-11(16)10-6-4-5-7-12(10)17-8-13-14-9(2)18-15-13/h4-7,11,16H,3,8H2,1-2H3/t11-/m1/s1. The molecular weight excluding hydrogens is 232 g/mol. The molecule has 0 saturated carbocycles. The Hall–Kier alpha value is -1.88. The molecule has 2 rings (SSSR count). The third kappa shape index (κ3) is 2.87. The number of aliphatic hydroxyl groups is 1. The van der Waals surface area contributed by atoms with Gasteiger partial charge in [0.05, 0.1) is 6.10 Å². The van der Waals surface area contributed by atoms with Crippen molar-refractivity contribution in [3.05, 3.63) is 41.5 Å². The van der Waals surface area contributed by atoms with Crippen LogP contribution in [-0.4, -0.2) is 15.2 Å². The molecular formula is C13H16N2O3. The van der Waals surface area contributed by atoms with Gasteiger partial charge in [-0.25, -0.2) is 0 Å². The van der Waals surface area contributed by atoms with E-state index in [1.54, 1.807) is 6.92 Å². The van der Waals surface area contributed by atoms with Crippen LogP contribution in [-0.2, 0) is 6.61 Å². The van der Waals surface area contributed by atoms with Gasteiger partial charge in [-0.15, -0.1) is 0 Å². The van der Waals surface area contributed by atoms with Crippen LogP contribution in [0.2, 0.25) is 0 Å². The zero-order valence-electron chi connectivity index (χ0n) is 10.5. The SMILES string of the molecule is CC[C@@H](O)c1ccccc1OCc1noc(C)n1. The molecule has 1 aromatic heterocycles. The smallest absolute Gasteiger partial charge is 0.223 e. The fourth-order valence-corrected chi connectivity index (χ4v) is 1.65. The number of nitrogens with zero attached hydrogens (tertiary/aromatic N) is 2. The zero-order valence-corrected chi connectivity index (χ0v) is 10.5. The van der Waals surface area contributed by atoms with Gasteiger partial charge in [0.25, 0.3) is 0 Å². The third-order valence-corrected chi connectivity index (χ3v) is 2.59. The fourth-order valence-electron chi connectivity index (χ4n) is 1.65. The van der Waals surface area contributed by atoms with Crippen molar-refractivity contribution in [2.45, 2.75) is 33.0 Å². The zero-order chi connectivity index (χ0) is 13.0. The van der Waals surface area contributed by atoms with Gasteiger partial charge >= 0.3 is 0 Å². The van der Waals surface area contributed by atoms with Gasteiger partial charge in [-0.05, 0) is 12.5 Å². The number of para-hydroxylation sites is 1. The average molecular weight is 248 g/mol. The van der Waals surface area contributed by atoms with Gasteiger partial charge in [0.1, 0.15) is 5.75 Å². The normalized spacial score (nSPS) is 12.4. The highest BCUT2D eigenvalue weighted by Crippen LogP contribution is 2.27. The Balaban J connectivity index is 2.09. The van der Waals surface area contributed by atoms with Crippen molar-refractivity contribution < 1.29 is 14.4 Å². The van der Waals surface area contributed by atoms with Crippen molar-refractivity contribution in [3.8, 4) is 5.75 Å². The molecule has 0 spiro atoms. The second-order valence-corrected chi connectivity index (χ2v) is 3.98. The number of aliphatic hydroxyl groups excluding tert-OH is 1. The van der Waals surface area contributed by atoms with E-state index in [4.69, 9.17) is 9.26 Å². The number of benzene rings is 1. The van der Waals surface area contributed by atoms with Crippen LogP contribution in [0.4, 0.5) is 0 Å². The summed E-state index contributed by atoms with van der Waals surface area (Å²) in [6.07, 6.45) is 0.120. The van der Waals surface area contributed by atoms with Crippen molar-refractivity contribution in [3.63, 3.8) is 0 Å². The summed E-state index contributed by atoms with van der Waals surface area (Å²) >= 11 is 0. The van der Waals surface area contributed by atoms with E-state index in [9.17, 15) is 5.11 Å². The van der Waals surface area contributed by atoms with Gasteiger partial charge in [0.15, 0.2) is 6.61 Å². The molecule has 5 heteroatoms. The van der Waals surface area contributed by atoms with Crippen molar-refractivity contribution in [1.29, 1.82) is 0 Å². The minimum absolute atomic E-state index is 0.227. The van der Waals surface area contributed by atoms with Crippen molar-refractivity contribution in [2.75, 3.05) is 0 Å². The van der Waals surface area contributed by atoms with Crippen LogP contribution in [0.25, 0.3) is 0 Å². The molecule has 18 heavy (non-hydrogen) atoms. The molecule has 0 amide bonds. The lowest BCUT2D eigenvalue weighted by Crippen LogP contribution is -2.03. The van der Waals surface area contributed by atoms with Crippen molar-refractivity contribution in [1.82, 2.24) is 10.1 Å². The van der Waals surface area contributed by atoms with E-state index < -0.39 is 6.10 Å². The summed E-state index contributed by atoms with van der Waals surface area (Å²) in [4.78, 5) is 4.06. The second kappa shape index (κ2) is 5.64. The first-order valence-electron chi connectivity index (χ1n) is 5.89. The lowest BCUT2D eigenvalue weighted by molar-refractivity contribution is 0.165. The predicted molar refractivity (Wildman–Crippen MR) is 65.1 cm³/mol. The molecule has 0 aliphatic carbocycles. The summed E-state index contributed by atoms with van der Waals surface area (Å²) in [7, 11) is 0. The van der Waals surface area contributed by atoms with Crippen LogP contribution < -0.4 is 4.74 Å². The number of rotatable bonds is 5. The van der Waals surface area contributed by atoms with Gasteiger partial charge in [0.2, 0.25) is 11.7 Å². The molecule has 1 atom stereocenters. The van der Waals surface area contributed by atoms with E-state index in [1.165, 1.54) is 0 Å². The summed E-state index contributed by atoms with van der Waals surface area (Å²) in [5.74, 6) is 1.65. The van der Waals surface area contributed by atoms with Crippen LogP contribution in [0.3, 0.4) is 0 Å². The molecule has 1 heterocycles. The number of hydrogen-bond acceptors (Lipinski definition) is 5. The molecule has 0 saturated heterocycles. The van der Waals surface area contributed by atoms with Crippen LogP contribution in [0.15, 0.2) is 28.8 Å². The quantitative estimate of drug-likeness (QED) is 0.879. The molecule has 2 aromatic rings. The van der Waals surface area contributed by atoms with Gasteiger partial charge < -0.3 is 14.4 Å². The molecule has 0 fully saturated rings. The number of aryl methyl sites for hydroxylation is 1. The monoisotopic (exact) mass is 248 g/mol. The fraction of sp³-hybridized carbons (Fsp3) is 0.385. The van der Waals surface area contributed by atoms with Crippen molar-refractivity contribution >= 4 is 0 Å². The Kier molecular flexibility index (Phi) is 3.94. The summed E-state index contributed by atoms with van der Waals surface area (Å²) in [5.41, 5.74) is 0.778. The molecule has 5 nitrogen and oxygen atoms in total. The minimum Gasteiger partial charge on any atom is -0.485 e. The Labute approximate surface area is 105 Å². The molecule has 1 aromatic carbocycles. The number of ether oxygens (including phenoxy) is 1. The van der Waals surface area contributed by atoms with Crippen LogP contribution in [0.1, 0.15) is 36.7 Å². The molecule has 0 radical (unpaired) electrons. The summed E-state index contributed by atoms with van der Waals surface area (Å²) in [5, 5.41) is 13.6. The highest BCUT2D eigenvalue weighted by molar-refractivity contribution is 5.35. The minimum atomic E-state index is -0.520. The highest BCUT2D eigenvalue weighted by Gasteiger charge is 2.12. The van der Waals surface area contributed by atoms with E-state index in [2.05, 4.69) is 10.1 Å². The lowest BCUT2D eigenvalue weighted by atomic mass is 10.1. The predicted octanol–water partition coefficient (Wildman–Crippen LogP) is 2.40. The van der Waals surface area contributed by atoms with E-state index in [0.29, 0.717) is 23.9 Å². The second-order valence-electron chi connectivity index (χ2n) is 3.98. The Bertz CT molecular complexity index is 510. The maximum Gasteiger partial charge on any atom is 0.223 e. The maximum absolute atomic E-state index is 9.88. The third-order valence-electron chi connectivity index (χ3n) is 2.59. The highest BCUT2D eigenvalue weighted by atomic mass is 16.5. The van der Waals surface area contributed by atoms with E-state index in [-0.39, 0.29) is 6.61 Å². The first-order chi connectivity index (χ1) is 8.70. The molecule has 1 N–H and O–H groups in total. The molecule has 96 valence electrons. The lowest BCUT2D eigenvalue weighted by Gasteiger charge is -2.13. The largest absolute Gasteiger partial charge is 0.485 e. The summed E-state index contributed by atoms with van der Waals surface area (Å²) in [6.45, 7) is 3.88. The number of hydrogen-bond donors (Lipinski definition) is 1. The maximum atomic E-state index is 9.88. The molecule has 0 aliphatic rings. The Morgan fingerprint density at radius 1 is 1.39 bits per heavy atom. The van der Waals surface area contributed by atoms with Gasteiger partial charge in [-0.1, -0.05) is 30.3 Å². The van der Waals surface area contributed by atoms with Crippen molar-refractivity contribution in [2.24, 2.45) is 0 Å². The first-order valence-corrected chi connectivity index (χ1v) is 5.89. The number of aromatic nitrogens is 2. The van der Waals surface area contributed by atoms with Crippen LogP contribution in [0, 0.1) is 6.92 Å². The van der Waals surface area contributed by atoms with E-state index in [1.807, 2.05) is 31.2 Å². The first kappa shape index (κ1) is 12.6. The topological polar surface area (TPSA) is 68.4 Å². The van der Waals surface area contributed by atoms with Crippen LogP contribution >= 0.6 is 0 Å². The summed E-state index contributed by atoms with van der Waals surface area (Å²) < 4.78 is 10.5. The molecule has 0 bridgehead atoms.